The molecule has 0 amide bonds. The highest BCUT2D eigenvalue weighted by molar-refractivity contribution is 6.11. The zero-order valence-electron chi connectivity index (χ0n) is 9.19. The van der Waals surface area contributed by atoms with Crippen LogP contribution in [0, 0.1) is 0 Å². The first kappa shape index (κ1) is 12.4. The zero-order chi connectivity index (χ0) is 14.2. The molecule has 1 aromatic carbocycles. The lowest BCUT2D eigenvalue weighted by Gasteiger charge is -2.05. The van der Waals surface area contributed by atoms with E-state index < -0.39 is 34.9 Å². The first-order chi connectivity index (χ1) is 8.91. The lowest BCUT2D eigenvalue weighted by Crippen LogP contribution is -2.11. The summed E-state index contributed by atoms with van der Waals surface area (Å²) in [5.41, 5.74) is -0.830. The average molecular weight is 262 g/mol. The molecule has 2 rings (SSSR count). The number of hydrogen-bond acceptors (Lipinski definition) is 5. The van der Waals surface area contributed by atoms with E-state index in [1.54, 1.807) is 0 Å². The number of carboxylic acid groups (broad SMARTS) is 3. The molecule has 8 heteroatoms. The zero-order valence-corrected chi connectivity index (χ0v) is 9.19. The van der Waals surface area contributed by atoms with Gasteiger partial charge in [0.1, 0.15) is 0 Å². The van der Waals surface area contributed by atoms with Crippen molar-refractivity contribution < 1.29 is 29.7 Å². The van der Waals surface area contributed by atoms with Crippen LogP contribution in [0.25, 0.3) is 10.9 Å². The van der Waals surface area contributed by atoms with E-state index >= 15 is 0 Å². The second-order valence-electron chi connectivity index (χ2n) is 3.53. The molecule has 0 saturated carbocycles. The van der Waals surface area contributed by atoms with Gasteiger partial charge in [0.2, 0.25) is 5.82 Å². The summed E-state index contributed by atoms with van der Waals surface area (Å²) in [6.45, 7) is 0. The quantitative estimate of drug-likeness (QED) is 0.735. The summed E-state index contributed by atoms with van der Waals surface area (Å²) in [6, 6.07) is 2.30. The van der Waals surface area contributed by atoms with Gasteiger partial charge in [-0.05, 0) is 12.1 Å². The molecule has 0 atom stereocenters. The number of nitrogens with zero attached hydrogens (tertiary/aromatic N) is 2. The number of carbonyl (C=O) groups is 3. The van der Waals surface area contributed by atoms with E-state index in [0.29, 0.717) is 0 Å². The van der Waals surface area contributed by atoms with Crippen LogP contribution in [0.5, 0.6) is 0 Å². The normalized spacial score (nSPS) is 10.3. The van der Waals surface area contributed by atoms with Crippen molar-refractivity contribution >= 4 is 28.8 Å². The van der Waals surface area contributed by atoms with Crippen molar-refractivity contribution in [3.05, 3.63) is 35.3 Å². The van der Waals surface area contributed by atoms with Gasteiger partial charge < -0.3 is 15.3 Å². The lowest BCUT2D eigenvalue weighted by molar-refractivity contribution is 0.0653. The first-order valence-electron chi connectivity index (χ1n) is 4.91. The molecule has 19 heavy (non-hydrogen) atoms. The van der Waals surface area contributed by atoms with E-state index in [0.717, 1.165) is 12.3 Å². The predicted molar refractivity (Wildman–Crippen MR) is 60.4 cm³/mol. The topological polar surface area (TPSA) is 138 Å². The molecule has 8 nitrogen and oxygen atoms in total. The number of rotatable bonds is 3. The molecular formula is C11H6N2O6. The van der Waals surface area contributed by atoms with Gasteiger partial charge in [-0.2, -0.15) is 0 Å². The van der Waals surface area contributed by atoms with Gasteiger partial charge in [0, 0.05) is 11.6 Å². The molecule has 0 saturated heterocycles. The van der Waals surface area contributed by atoms with Crippen LogP contribution in [0.3, 0.4) is 0 Å². The van der Waals surface area contributed by atoms with Crippen LogP contribution in [0.15, 0.2) is 18.3 Å². The van der Waals surface area contributed by atoms with Crippen LogP contribution < -0.4 is 0 Å². The van der Waals surface area contributed by atoms with Gasteiger partial charge in [-0.25, -0.2) is 24.4 Å². The van der Waals surface area contributed by atoms with Crippen molar-refractivity contribution in [1.82, 2.24) is 9.97 Å². The molecule has 2 aromatic rings. The SMILES string of the molecule is O=C(O)c1ncc2c(C(=O)O)c(C(=O)O)ccc2n1. The van der Waals surface area contributed by atoms with Crippen LogP contribution in [-0.2, 0) is 0 Å². The number of hydrogen-bond donors (Lipinski definition) is 3. The molecule has 1 aromatic heterocycles. The van der Waals surface area contributed by atoms with Crippen LogP contribution in [0.1, 0.15) is 31.3 Å². The van der Waals surface area contributed by atoms with Crippen LogP contribution in [-0.4, -0.2) is 43.2 Å². The number of aromatic carboxylic acids is 3. The van der Waals surface area contributed by atoms with Crippen LogP contribution >= 0.6 is 0 Å². The molecule has 0 aliphatic heterocycles. The molecule has 96 valence electrons. The largest absolute Gasteiger partial charge is 0.478 e. The third kappa shape index (κ3) is 2.06. The fourth-order valence-corrected chi connectivity index (χ4v) is 1.62. The van der Waals surface area contributed by atoms with Crippen LogP contribution in [0.2, 0.25) is 0 Å². The number of aromatic nitrogens is 2. The second-order valence-corrected chi connectivity index (χ2v) is 3.53. The van der Waals surface area contributed by atoms with Gasteiger partial charge >= 0.3 is 17.9 Å². The average Bonchev–Trinajstić information content (AvgIpc) is 2.35. The monoisotopic (exact) mass is 262 g/mol. The molecule has 0 unspecified atom stereocenters. The summed E-state index contributed by atoms with van der Waals surface area (Å²) in [5, 5.41) is 26.7. The highest BCUT2D eigenvalue weighted by atomic mass is 16.4. The van der Waals surface area contributed by atoms with Crippen molar-refractivity contribution in [2.75, 3.05) is 0 Å². The number of benzene rings is 1. The molecule has 0 bridgehead atoms. The molecule has 0 radical (unpaired) electrons. The van der Waals surface area contributed by atoms with Gasteiger partial charge in [0.15, 0.2) is 0 Å². The van der Waals surface area contributed by atoms with Gasteiger partial charge in [0.25, 0.3) is 0 Å². The standard InChI is InChI=1S/C11H6N2O6/c14-9(15)4-1-2-6-5(7(4)10(16)17)3-12-8(13-6)11(18)19/h1-3H,(H,14,15)(H,16,17)(H,18,19). The minimum atomic E-state index is -1.45. The van der Waals surface area contributed by atoms with Crippen molar-refractivity contribution in [3.8, 4) is 0 Å². The smallest absolute Gasteiger partial charge is 0.373 e. The Hall–Kier alpha value is -3.03. The Balaban J connectivity index is 2.83. The first-order valence-corrected chi connectivity index (χ1v) is 4.91. The van der Waals surface area contributed by atoms with E-state index in [-0.39, 0.29) is 10.9 Å². The lowest BCUT2D eigenvalue weighted by atomic mass is 10.0. The van der Waals surface area contributed by atoms with Crippen molar-refractivity contribution in [2.24, 2.45) is 0 Å². The number of carboxylic acids is 3. The van der Waals surface area contributed by atoms with E-state index in [2.05, 4.69) is 9.97 Å². The Bertz CT molecular complexity index is 724. The Labute approximate surface area is 105 Å². The highest BCUT2D eigenvalue weighted by Gasteiger charge is 2.20. The maximum atomic E-state index is 11.1. The Kier molecular flexibility index (Phi) is 2.83. The minimum Gasteiger partial charge on any atom is -0.478 e. The molecule has 1 heterocycles. The Morgan fingerprint density at radius 2 is 1.63 bits per heavy atom. The summed E-state index contributed by atoms with van der Waals surface area (Å²) >= 11 is 0. The molecule has 0 fully saturated rings. The maximum absolute atomic E-state index is 11.1. The third-order valence-corrected chi connectivity index (χ3v) is 2.40. The Morgan fingerprint density at radius 3 is 2.16 bits per heavy atom. The molecular weight excluding hydrogens is 256 g/mol. The fraction of sp³-hybridized carbons (Fsp3) is 0. The van der Waals surface area contributed by atoms with E-state index in [4.69, 9.17) is 15.3 Å². The molecule has 0 aliphatic carbocycles. The highest BCUT2D eigenvalue weighted by Crippen LogP contribution is 2.21. The Morgan fingerprint density at radius 1 is 0.947 bits per heavy atom. The predicted octanol–water partition coefficient (Wildman–Crippen LogP) is 0.724. The minimum absolute atomic E-state index is 0.0302. The summed E-state index contributed by atoms with van der Waals surface area (Å²) < 4.78 is 0. The second kappa shape index (κ2) is 4.33. The molecule has 0 spiro atoms. The molecule has 0 aliphatic rings. The summed E-state index contributed by atoms with van der Waals surface area (Å²) in [7, 11) is 0. The maximum Gasteiger partial charge on any atom is 0.373 e. The van der Waals surface area contributed by atoms with Gasteiger partial charge in [0.05, 0.1) is 16.6 Å². The fourth-order valence-electron chi connectivity index (χ4n) is 1.62. The summed E-state index contributed by atoms with van der Waals surface area (Å²) in [5.74, 6) is -4.70. The summed E-state index contributed by atoms with van der Waals surface area (Å²) in [4.78, 5) is 39.9. The van der Waals surface area contributed by atoms with Gasteiger partial charge in [-0.3, -0.25) is 0 Å². The van der Waals surface area contributed by atoms with E-state index in [1.165, 1.54) is 6.07 Å². The van der Waals surface area contributed by atoms with Gasteiger partial charge in [-0.1, -0.05) is 0 Å². The van der Waals surface area contributed by atoms with Gasteiger partial charge in [-0.15, -0.1) is 0 Å². The van der Waals surface area contributed by atoms with E-state index in [9.17, 15) is 14.4 Å². The van der Waals surface area contributed by atoms with Crippen molar-refractivity contribution in [3.63, 3.8) is 0 Å². The van der Waals surface area contributed by atoms with Crippen LogP contribution in [0.4, 0.5) is 0 Å². The number of fused-ring (bicyclic) bond motifs is 1. The van der Waals surface area contributed by atoms with Crippen molar-refractivity contribution in [1.29, 1.82) is 0 Å². The van der Waals surface area contributed by atoms with E-state index in [1.807, 2.05) is 0 Å². The van der Waals surface area contributed by atoms with Crippen molar-refractivity contribution in [2.45, 2.75) is 0 Å². The summed E-state index contributed by atoms with van der Waals surface area (Å²) in [6.07, 6.45) is 0.988. The molecule has 3 N–H and O–H groups in total. The third-order valence-electron chi connectivity index (χ3n) is 2.40.